The lowest BCUT2D eigenvalue weighted by Gasteiger charge is -1.94. The van der Waals surface area contributed by atoms with Gasteiger partial charge in [-0.3, -0.25) is 4.79 Å². The third kappa shape index (κ3) is 1.39. The molecule has 3 heteroatoms. The van der Waals surface area contributed by atoms with Crippen LogP contribution in [0.5, 0.6) is 0 Å². The van der Waals surface area contributed by atoms with Gasteiger partial charge in [-0.25, -0.2) is 0 Å². The van der Waals surface area contributed by atoms with E-state index in [2.05, 4.69) is 4.98 Å². The van der Waals surface area contributed by atoms with Gasteiger partial charge in [0.1, 0.15) is 0 Å². The Morgan fingerprint density at radius 1 is 1.70 bits per heavy atom. The highest BCUT2D eigenvalue weighted by atomic mass is 35.5. The summed E-state index contributed by atoms with van der Waals surface area (Å²) in [6, 6.07) is 1.52. The molecule has 0 aromatic carbocycles. The predicted octanol–water partition coefficient (Wildman–Crippen LogP) is 1.42. The molecule has 54 valence electrons. The van der Waals surface area contributed by atoms with Crippen molar-refractivity contribution in [3.63, 3.8) is 0 Å². The molecule has 0 spiro atoms. The summed E-state index contributed by atoms with van der Waals surface area (Å²) in [5.74, 6) is 0.357. The van der Waals surface area contributed by atoms with E-state index in [9.17, 15) is 4.79 Å². The third-order valence-electron chi connectivity index (χ3n) is 1.31. The van der Waals surface area contributed by atoms with Crippen LogP contribution in [-0.2, 0) is 5.88 Å². The van der Waals surface area contributed by atoms with Gasteiger partial charge in [0.15, 0.2) is 5.43 Å². The molecule has 10 heavy (non-hydrogen) atoms. The topological polar surface area (TPSA) is 32.9 Å². The highest BCUT2D eigenvalue weighted by Gasteiger charge is 1.93. The average Bonchev–Trinajstić information content (AvgIpc) is 1.95. The van der Waals surface area contributed by atoms with Gasteiger partial charge in [-0.15, -0.1) is 11.6 Å². The maximum atomic E-state index is 10.9. The molecule has 0 bridgehead atoms. The van der Waals surface area contributed by atoms with Crippen LogP contribution in [-0.4, -0.2) is 4.98 Å². The Bertz CT molecular complexity index is 279. The highest BCUT2D eigenvalue weighted by Crippen LogP contribution is 1.95. The van der Waals surface area contributed by atoms with Crippen LogP contribution < -0.4 is 5.43 Å². The monoisotopic (exact) mass is 157 g/mol. The molecule has 0 aliphatic heterocycles. The van der Waals surface area contributed by atoms with E-state index in [0.29, 0.717) is 11.4 Å². The van der Waals surface area contributed by atoms with Gasteiger partial charge in [0, 0.05) is 23.5 Å². The van der Waals surface area contributed by atoms with Crippen molar-refractivity contribution in [1.29, 1.82) is 0 Å². The van der Waals surface area contributed by atoms with E-state index in [1.807, 2.05) is 0 Å². The molecule has 0 fully saturated rings. The van der Waals surface area contributed by atoms with Crippen LogP contribution >= 0.6 is 11.6 Å². The van der Waals surface area contributed by atoms with Gasteiger partial charge in [-0.1, -0.05) is 0 Å². The van der Waals surface area contributed by atoms with Crippen molar-refractivity contribution in [2.45, 2.75) is 12.8 Å². The standard InChI is InChI=1S/C7H8ClNO/c1-5-4-9-6(3-8)2-7(5)10/h2,4H,3H2,1H3,(H,9,10). The number of halogens is 1. The number of aromatic amines is 1. The van der Waals surface area contributed by atoms with Gasteiger partial charge in [0.05, 0.1) is 5.88 Å². The van der Waals surface area contributed by atoms with E-state index < -0.39 is 0 Å². The molecule has 0 aliphatic carbocycles. The Hall–Kier alpha value is -0.760. The zero-order chi connectivity index (χ0) is 7.56. The maximum absolute atomic E-state index is 10.9. The molecule has 0 radical (unpaired) electrons. The number of hydrogen-bond acceptors (Lipinski definition) is 1. The molecule has 1 aromatic rings. The van der Waals surface area contributed by atoms with E-state index in [1.54, 1.807) is 13.1 Å². The first-order chi connectivity index (χ1) is 4.74. The second-order valence-corrected chi connectivity index (χ2v) is 2.41. The largest absolute Gasteiger partial charge is 0.364 e. The van der Waals surface area contributed by atoms with Crippen molar-refractivity contribution in [3.8, 4) is 0 Å². The van der Waals surface area contributed by atoms with Crippen molar-refractivity contribution in [2.24, 2.45) is 0 Å². The maximum Gasteiger partial charge on any atom is 0.184 e. The predicted molar refractivity (Wildman–Crippen MR) is 41.4 cm³/mol. The number of pyridine rings is 1. The number of nitrogens with one attached hydrogen (secondary N) is 1. The van der Waals surface area contributed by atoms with Crippen LogP contribution in [0, 0.1) is 6.92 Å². The van der Waals surface area contributed by atoms with Gasteiger partial charge in [0.2, 0.25) is 0 Å². The highest BCUT2D eigenvalue weighted by molar-refractivity contribution is 6.16. The number of hydrogen-bond donors (Lipinski definition) is 1. The molecule has 2 nitrogen and oxygen atoms in total. The van der Waals surface area contributed by atoms with Crippen LogP contribution in [0.2, 0.25) is 0 Å². The molecule has 1 N–H and O–H groups in total. The summed E-state index contributed by atoms with van der Waals surface area (Å²) in [5, 5.41) is 0. The normalized spacial score (nSPS) is 9.80. The van der Waals surface area contributed by atoms with Crippen LogP contribution in [0.25, 0.3) is 0 Å². The second kappa shape index (κ2) is 2.88. The zero-order valence-corrected chi connectivity index (χ0v) is 6.40. The summed E-state index contributed by atoms with van der Waals surface area (Å²) in [5.41, 5.74) is 1.51. The van der Waals surface area contributed by atoms with E-state index in [1.165, 1.54) is 6.07 Å². The Morgan fingerprint density at radius 3 is 2.90 bits per heavy atom. The number of H-pyrrole nitrogens is 1. The van der Waals surface area contributed by atoms with Gasteiger partial charge < -0.3 is 4.98 Å². The molecule has 0 atom stereocenters. The fourth-order valence-corrected chi connectivity index (χ4v) is 0.817. The number of alkyl halides is 1. The quantitative estimate of drug-likeness (QED) is 0.615. The first kappa shape index (κ1) is 7.35. The number of rotatable bonds is 1. The van der Waals surface area contributed by atoms with Gasteiger partial charge >= 0.3 is 0 Å². The zero-order valence-electron chi connectivity index (χ0n) is 5.65. The lowest BCUT2D eigenvalue weighted by Crippen LogP contribution is -2.05. The lowest BCUT2D eigenvalue weighted by atomic mass is 10.3. The van der Waals surface area contributed by atoms with Crippen molar-refractivity contribution >= 4 is 11.6 Å². The van der Waals surface area contributed by atoms with E-state index >= 15 is 0 Å². The summed E-state index contributed by atoms with van der Waals surface area (Å²) >= 11 is 5.48. The van der Waals surface area contributed by atoms with E-state index in [0.717, 1.165) is 5.69 Å². The summed E-state index contributed by atoms with van der Waals surface area (Å²) in [4.78, 5) is 13.8. The Kier molecular flexibility index (Phi) is 2.12. The van der Waals surface area contributed by atoms with E-state index in [4.69, 9.17) is 11.6 Å². The van der Waals surface area contributed by atoms with Gasteiger partial charge in [-0.2, -0.15) is 0 Å². The molecular weight excluding hydrogens is 150 g/mol. The SMILES string of the molecule is Cc1c[nH]c(CCl)cc1=O. The first-order valence-corrected chi connectivity index (χ1v) is 3.51. The molecule has 0 saturated heterocycles. The van der Waals surface area contributed by atoms with Gasteiger partial charge in [-0.05, 0) is 6.92 Å². The van der Waals surface area contributed by atoms with Crippen molar-refractivity contribution in [1.82, 2.24) is 4.98 Å². The molecular formula is C7H8ClNO. The first-order valence-electron chi connectivity index (χ1n) is 2.98. The molecule has 1 aromatic heterocycles. The average molecular weight is 158 g/mol. The minimum Gasteiger partial charge on any atom is -0.364 e. The Labute approximate surface area is 63.8 Å². The summed E-state index contributed by atoms with van der Waals surface area (Å²) in [7, 11) is 0. The smallest absolute Gasteiger partial charge is 0.184 e. The van der Waals surface area contributed by atoms with Crippen LogP contribution in [0.1, 0.15) is 11.3 Å². The summed E-state index contributed by atoms with van der Waals surface area (Å²) in [6.07, 6.45) is 1.67. The fourth-order valence-electron chi connectivity index (χ4n) is 0.663. The summed E-state index contributed by atoms with van der Waals surface area (Å²) in [6.45, 7) is 1.76. The Balaban J connectivity index is 3.17. The van der Waals surface area contributed by atoms with Crippen molar-refractivity contribution < 1.29 is 0 Å². The van der Waals surface area contributed by atoms with Crippen LogP contribution in [0.4, 0.5) is 0 Å². The Morgan fingerprint density at radius 2 is 2.40 bits per heavy atom. The second-order valence-electron chi connectivity index (χ2n) is 2.14. The van der Waals surface area contributed by atoms with E-state index in [-0.39, 0.29) is 5.43 Å². The summed E-state index contributed by atoms with van der Waals surface area (Å²) < 4.78 is 0. The minimum atomic E-state index is 0.0365. The third-order valence-corrected chi connectivity index (χ3v) is 1.60. The molecule has 0 unspecified atom stereocenters. The van der Waals surface area contributed by atoms with Crippen LogP contribution in [0.15, 0.2) is 17.1 Å². The number of aromatic nitrogens is 1. The molecule has 0 aliphatic rings. The minimum absolute atomic E-state index is 0.0365. The molecule has 0 saturated carbocycles. The molecule has 1 heterocycles. The van der Waals surface area contributed by atoms with Crippen molar-refractivity contribution in [3.05, 3.63) is 33.7 Å². The molecule has 1 rings (SSSR count). The van der Waals surface area contributed by atoms with Gasteiger partial charge in [0.25, 0.3) is 0 Å². The number of aryl methyl sites for hydroxylation is 1. The lowest BCUT2D eigenvalue weighted by molar-refractivity contribution is 1.12. The molecule has 0 amide bonds. The van der Waals surface area contributed by atoms with Crippen LogP contribution in [0.3, 0.4) is 0 Å². The fraction of sp³-hybridized carbons (Fsp3) is 0.286. The van der Waals surface area contributed by atoms with Crippen molar-refractivity contribution in [2.75, 3.05) is 0 Å².